The van der Waals surface area contributed by atoms with Gasteiger partial charge in [-0.3, -0.25) is 14.4 Å². The summed E-state index contributed by atoms with van der Waals surface area (Å²) in [5, 5.41) is 5.38. The molecule has 0 aliphatic carbocycles. The van der Waals surface area contributed by atoms with E-state index in [0.717, 1.165) is 24.0 Å². The van der Waals surface area contributed by atoms with E-state index in [1.54, 1.807) is 4.90 Å². The van der Waals surface area contributed by atoms with E-state index >= 15 is 0 Å². The lowest BCUT2D eigenvalue weighted by Crippen LogP contribution is -2.44. The molecule has 2 aromatic carbocycles. The SMILES string of the molecule is CCCCN(CC(=O)NCC(=O)Nc1ccc(C)cc1)C(=O)[C@@H](CC)c1ccccc1. The highest BCUT2D eigenvalue weighted by atomic mass is 16.2. The fourth-order valence-electron chi connectivity index (χ4n) is 3.32. The number of carbonyl (C=O) groups is 3. The molecule has 0 bridgehead atoms. The van der Waals surface area contributed by atoms with Crippen LogP contribution < -0.4 is 10.6 Å². The molecule has 1 atom stereocenters. The average molecular weight is 424 g/mol. The highest BCUT2D eigenvalue weighted by Crippen LogP contribution is 2.22. The Kier molecular flexibility index (Phi) is 9.75. The smallest absolute Gasteiger partial charge is 0.243 e. The Morgan fingerprint density at radius 2 is 1.61 bits per heavy atom. The Balaban J connectivity index is 1.94. The molecule has 166 valence electrons. The van der Waals surface area contributed by atoms with Gasteiger partial charge in [-0.1, -0.05) is 68.3 Å². The Labute approximate surface area is 185 Å². The Bertz CT molecular complexity index is 850. The lowest BCUT2D eigenvalue weighted by molar-refractivity contribution is -0.137. The molecule has 0 aliphatic heterocycles. The van der Waals surface area contributed by atoms with Gasteiger partial charge in [0.05, 0.1) is 19.0 Å². The van der Waals surface area contributed by atoms with E-state index in [-0.39, 0.29) is 36.7 Å². The number of nitrogens with zero attached hydrogens (tertiary/aromatic N) is 1. The van der Waals surface area contributed by atoms with Crippen molar-refractivity contribution in [2.45, 2.75) is 46.0 Å². The van der Waals surface area contributed by atoms with Crippen molar-refractivity contribution in [3.8, 4) is 0 Å². The van der Waals surface area contributed by atoms with Crippen molar-refractivity contribution in [1.29, 1.82) is 0 Å². The summed E-state index contributed by atoms with van der Waals surface area (Å²) in [5.74, 6) is -0.983. The number of nitrogens with one attached hydrogen (secondary N) is 2. The number of hydrogen-bond donors (Lipinski definition) is 2. The molecule has 0 radical (unpaired) electrons. The molecule has 0 aromatic heterocycles. The van der Waals surface area contributed by atoms with Crippen molar-refractivity contribution in [3.63, 3.8) is 0 Å². The van der Waals surface area contributed by atoms with Gasteiger partial charge in [-0.25, -0.2) is 0 Å². The molecule has 0 saturated heterocycles. The van der Waals surface area contributed by atoms with Crippen LogP contribution >= 0.6 is 0 Å². The third-order valence-corrected chi connectivity index (χ3v) is 5.12. The average Bonchev–Trinajstić information content (AvgIpc) is 2.78. The van der Waals surface area contributed by atoms with Crippen molar-refractivity contribution in [1.82, 2.24) is 10.2 Å². The third kappa shape index (κ3) is 7.89. The van der Waals surface area contributed by atoms with Crippen LogP contribution in [0, 0.1) is 6.92 Å². The predicted molar refractivity (Wildman–Crippen MR) is 124 cm³/mol. The Hall–Kier alpha value is -3.15. The van der Waals surface area contributed by atoms with Crippen molar-refractivity contribution in [3.05, 3.63) is 65.7 Å². The monoisotopic (exact) mass is 423 g/mol. The zero-order valence-corrected chi connectivity index (χ0v) is 18.7. The summed E-state index contributed by atoms with van der Waals surface area (Å²) in [6, 6.07) is 17.1. The minimum absolute atomic E-state index is 0.0543. The first-order chi connectivity index (χ1) is 14.9. The topological polar surface area (TPSA) is 78.5 Å². The molecule has 0 spiro atoms. The molecule has 0 aliphatic rings. The summed E-state index contributed by atoms with van der Waals surface area (Å²) in [4.78, 5) is 39.4. The number of anilines is 1. The number of unbranched alkanes of at least 4 members (excludes halogenated alkanes) is 1. The van der Waals surface area contributed by atoms with Gasteiger partial charge in [0.25, 0.3) is 0 Å². The number of hydrogen-bond acceptors (Lipinski definition) is 3. The fraction of sp³-hybridized carbons (Fsp3) is 0.400. The zero-order valence-electron chi connectivity index (χ0n) is 18.7. The van der Waals surface area contributed by atoms with Crippen molar-refractivity contribution in [2.24, 2.45) is 0 Å². The summed E-state index contributed by atoms with van der Waals surface area (Å²) in [5.41, 5.74) is 2.73. The van der Waals surface area contributed by atoms with Gasteiger partial charge in [0, 0.05) is 12.2 Å². The summed E-state index contributed by atoms with van der Waals surface area (Å²) >= 11 is 0. The van der Waals surface area contributed by atoms with Gasteiger partial charge in [0.15, 0.2) is 0 Å². The van der Waals surface area contributed by atoms with Gasteiger partial charge in [-0.15, -0.1) is 0 Å². The van der Waals surface area contributed by atoms with Crippen LogP contribution in [0.4, 0.5) is 5.69 Å². The summed E-state index contributed by atoms with van der Waals surface area (Å²) in [7, 11) is 0. The van der Waals surface area contributed by atoms with Gasteiger partial charge in [0.2, 0.25) is 17.7 Å². The number of rotatable bonds is 11. The van der Waals surface area contributed by atoms with Crippen LogP contribution in [0.2, 0.25) is 0 Å². The van der Waals surface area contributed by atoms with Crippen LogP contribution in [0.25, 0.3) is 0 Å². The van der Waals surface area contributed by atoms with Gasteiger partial charge in [-0.2, -0.15) is 0 Å². The van der Waals surface area contributed by atoms with E-state index in [9.17, 15) is 14.4 Å². The number of benzene rings is 2. The molecule has 2 rings (SSSR count). The third-order valence-electron chi connectivity index (χ3n) is 5.12. The van der Waals surface area contributed by atoms with Crippen LogP contribution in [0.1, 0.15) is 50.2 Å². The quantitative estimate of drug-likeness (QED) is 0.576. The molecule has 3 amide bonds. The van der Waals surface area contributed by atoms with E-state index in [0.29, 0.717) is 18.7 Å². The van der Waals surface area contributed by atoms with Crippen LogP contribution in [0.3, 0.4) is 0 Å². The minimum Gasteiger partial charge on any atom is -0.345 e. The van der Waals surface area contributed by atoms with Crippen LogP contribution in [0.15, 0.2) is 54.6 Å². The van der Waals surface area contributed by atoms with Crippen molar-refractivity contribution in [2.75, 3.05) is 25.0 Å². The molecule has 0 saturated carbocycles. The summed E-state index contributed by atoms with van der Waals surface area (Å²) in [6.07, 6.45) is 2.40. The number of amides is 3. The number of aryl methyl sites for hydroxylation is 1. The molecule has 2 N–H and O–H groups in total. The van der Waals surface area contributed by atoms with E-state index in [1.807, 2.05) is 75.4 Å². The lowest BCUT2D eigenvalue weighted by Gasteiger charge is -2.27. The van der Waals surface area contributed by atoms with Gasteiger partial charge in [0.1, 0.15) is 0 Å². The molecule has 0 heterocycles. The van der Waals surface area contributed by atoms with Gasteiger partial charge in [-0.05, 0) is 37.5 Å². The molecular formula is C25H33N3O3. The number of carbonyl (C=O) groups excluding carboxylic acids is 3. The normalized spacial score (nSPS) is 11.5. The molecule has 0 fully saturated rings. The summed E-state index contributed by atoms with van der Waals surface area (Å²) in [6.45, 7) is 6.31. The molecule has 2 aromatic rings. The highest BCUT2D eigenvalue weighted by Gasteiger charge is 2.25. The maximum absolute atomic E-state index is 13.2. The highest BCUT2D eigenvalue weighted by molar-refractivity contribution is 5.95. The second-order valence-electron chi connectivity index (χ2n) is 7.68. The van der Waals surface area contributed by atoms with E-state index < -0.39 is 0 Å². The second kappa shape index (κ2) is 12.5. The first-order valence-corrected chi connectivity index (χ1v) is 10.9. The van der Waals surface area contributed by atoms with E-state index in [4.69, 9.17) is 0 Å². The maximum Gasteiger partial charge on any atom is 0.243 e. The predicted octanol–water partition coefficient (Wildman–Crippen LogP) is 3.87. The first kappa shape index (κ1) is 24.1. The lowest BCUT2D eigenvalue weighted by atomic mass is 9.95. The fourth-order valence-corrected chi connectivity index (χ4v) is 3.32. The largest absolute Gasteiger partial charge is 0.345 e. The second-order valence-corrected chi connectivity index (χ2v) is 7.68. The molecular weight excluding hydrogens is 390 g/mol. The zero-order chi connectivity index (χ0) is 22.6. The van der Waals surface area contributed by atoms with Crippen LogP contribution in [0.5, 0.6) is 0 Å². The minimum atomic E-state index is -0.341. The molecule has 6 heteroatoms. The Morgan fingerprint density at radius 3 is 2.23 bits per heavy atom. The van der Waals surface area contributed by atoms with E-state index in [2.05, 4.69) is 10.6 Å². The van der Waals surface area contributed by atoms with Crippen LogP contribution in [-0.2, 0) is 14.4 Å². The van der Waals surface area contributed by atoms with Gasteiger partial charge < -0.3 is 15.5 Å². The van der Waals surface area contributed by atoms with E-state index in [1.165, 1.54) is 0 Å². The maximum atomic E-state index is 13.2. The molecule has 0 unspecified atom stereocenters. The molecule has 31 heavy (non-hydrogen) atoms. The van der Waals surface area contributed by atoms with Crippen molar-refractivity contribution >= 4 is 23.4 Å². The van der Waals surface area contributed by atoms with Gasteiger partial charge >= 0.3 is 0 Å². The standard InChI is InChI=1S/C25H33N3O3/c1-4-6-16-28(25(31)22(5-2)20-10-8-7-9-11-20)18-24(30)26-17-23(29)27-21-14-12-19(3)13-15-21/h7-15,22H,4-6,16-18H2,1-3H3,(H,26,30)(H,27,29)/t22-/m0/s1. The Morgan fingerprint density at radius 1 is 0.935 bits per heavy atom. The van der Waals surface area contributed by atoms with Crippen LogP contribution in [-0.4, -0.2) is 42.3 Å². The molecule has 6 nitrogen and oxygen atoms in total. The summed E-state index contributed by atoms with van der Waals surface area (Å²) < 4.78 is 0. The first-order valence-electron chi connectivity index (χ1n) is 10.9. The van der Waals surface area contributed by atoms with Crippen molar-refractivity contribution < 1.29 is 14.4 Å².